The molecule has 1 aliphatic carbocycles. The molecule has 3 amide bonds. The molecule has 8 heteroatoms. The predicted molar refractivity (Wildman–Crippen MR) is 105 cm³/mol. The van der Waals surface area contributed by atoms with E-state index in [1.807, 2.05) is 0 Å². The second-order valence-electron chi connectivity index (χ2n) is 9.11. The molecule has 0 unspecified atom stereocenters. The second kappa shape index (κ2) is 8.31. The maximum atomic E-state index is 13.3. The highest BCUT2D eigenvalue weighted by Gasteiger charge is 2.50. The van der Waals surface area contributed by atoms with E-state index in [0.717, 1.165) is 45.1 Å². The van der Waals surface area contributed by atoms with E-state index in [4.69, 9.17) is 0 Å². The number of rotatable bonds is 7. The van der Waals surface area contributed by atoms with Crippen LogP contribution in [0.4, 0.5) is 0 Å². The van der Waals surface area contributed by atoms with E-state index in [0.29, 0.717) is 38.3 Å². The van der Waals surface area contributed by atoms with Gasteiger partial charge in [-0.3, -0.25) is 14.4 Å². The van der Waals surface area contributed by atoms with E-state index < -0.39 is 17.6 Å². The Hall–Kier alpha value is -2.14. The summed E-state index contributed by atoms with van der Waals surface area (Å²) >= 11 is 0. The fraction of sp³-hybridized carbons (Fsp3) is 0.810. The minimum Gasteiger partial charge on any atom is -0.356 e. The standard InChI is InChI=1S/C21H31N5O3/c22-13-16(12-15-5-9-23-18(15)27)25-19(28)17(11-14-3-4-14)26-10-7-21(20(26)29)6-1-2-8-24-21/h14-17,24H,1-12H2,(H,23,27)(H,25,28)/t15-,16-,17-,21+/m0/s1. The Kier molecular flexibility index (Phi) is 5.77. The van der Waals surface area contributed by atoms with Crippen molar-refractivity contribution >= 4 is 17.7 Å². The Balaban J connectivity index is 1.43. The van der Waals surface area contributed by atoms with Gasteiger partial charge >= 0.3 is 0 Å². The van der Waals surface area contributed by atoms with Crippen molar-refractivity contribution in [1.82, 2.24) is 20.9 Å². The molecule has 0 aromatic rings. The Labute approximate surface area is 171 Å². The molecule has 8 nitrogen and oxygen atoms in total. The summed E-state index contributed by atoms with van der Waals surface area (Å²) in [4.78, 5) is 40.0. The molecule has 3 saturated heterocycles. The first-order chi connectivity index (χ1) is 14.0. The van der Waals surface area contributed by atoms with E-state index in [2.05, 4.69) is 22.0 Å². The van der Waals surface area contributed by atoms with Crippen LogP contribution in [0.15, 0.2) is 0 Å². The quantitative estimate of drug-likeness (QED) is 0.573. The number of hydrogen-bond donors (Lipinski definition) is 3. The van der Waals surface area contributed by atoms with Crippen LogP contribution in [-0.2, 0) is 14.4 Å². The zero-order valence-corrected chi connectivity index (χ0v) is 16.9. The summed E-state index contributed by atoms with van der Waals surface area (Å²) in [5.41, 5.74) is -0.503. The van der Waals surface area contributed by atoms with Crippen molar-refractivity contribution in [2.24, 2.45) is 11.8 Å². The Bertz CT molecular complexity index is 708. The van der Waals surface area contributed by atoms with Gasteiger partial charge in [0.1, 0.15) is 12.1 Å². The molecular formula is C21H31N5O3. The lowest BCUT2D eigenvalue weighted by molar-refractivity contribution is -0.142. The number of nitriles is 1. The van der Waals surface area contributed by atoms with Crippen LogP contribution < -0.4 is 16.0 Å². The molecule has 3 N–H and O–H groups in total. The molecule has 0 aromatic heterocycles. The molecule has 29 heavy (non-hydrogen) atoms. The van der Waals surface area contributed by atoms with Crippen molar-refractivity contribution in [3.63, 3.8) is 0 Å². The van der Waals surface area contributed by atoms with Gasteiger partial charge in [0.25, 0.3) is 0 Å². The van der Waals surface area contributed by atoms with E-state index in [9.17, 15) is 19.6 Å². The van der Waals surface area contributed by atoms with Crippen molar-refractivity contribution in [3.8, 4) is 6.07 Å². The Morgan fingerprint density at radius 3 is 2.66 bits per heavy atom. The highest BCUT2D eigenvalue weighted by molar-refractivity contribution is 5.94. The largest absolute Gasteiger partial charge is 0.356 e. The Morgan fingerprint density at radius 2 is 2.03 bits per heavy atom. The lowest BCUT2D eigenvalue weighted by atomic mass is 9.87. The maximum Gasteiger partial charge on any atom is 0.243 e. The summed E-state index contributed by atoms with van der Waals surface area (Å²) < 4.78 is 0. The number of piperidine rings is 1. The Morgan fingerprint density at radius 1 is 1.21 bits per heavy atom. The van der Waals surface area contributed by atoms with Crippen LogP contribution in [0.25, 0.3) is 0 Å². The third kappa shape index (κ3) is 4.25. The molecule has 0 bridgehead atoms. The van der Waals surface area contributed by atoms with Crippen LogP contribution in [0.1, 0.15) is 57.8 Å². The van der Waals surface area contributed by atoms with Gasteiger partial charge in [0.05, 0.1) is 11.6 Å². The molecule has 4 atom stereocenters. The van der Waals surface area contributed by atoms with Gasteiger partial charge in [-0.05, 0) is 57.4 Å². The van der Waals surface area contributed by atoms with Crippen molar-refractivity contribution in [3.05, 3.63) is 0 Å². The number of nitrogens with one attached hydrogen (secondary N) is 3. The smallest absolute Gasteiger partial charge is 0.243 e. The van der Waals surface area contributed by atoms with Gasteiger partial charge in [-0.1, -0.05) is 12.8 Å². The number of carbonyl (C=O) groups excluding carboxylic acids is 3. The van der Waals surface area contributed by atoms with Crippen LogP contribution >= 0.6 is 0 Å². The molecule has 0 aromatic carbocycles. The van der Waals surface area contributed by atoms with Crippen LogP contribution in [0.3, 0.4) is 0 Å². The van der Waals surface area contributed by atoms with Crippen LogP contribution in [0, 0.1) is 23.2 Å². The molecule has 3 aliphatic heterocycles. The van der Waals surface area contributed by atoms with Gasteiger partial charge in [-0.25, -0.2) is 0 Å². The zero-order valence-electron chi connectivity index (χ0n) is 16.9. The number of carbonyl (C=O) groups is 3. The molecule has 158 valence electrons. The lowest BCUT2D eigenvalue weighted by Crippen LogP contribution is -2.57. The number of nitrogens with zero attached hydrogens (tertiary/aromatic N) is 2. The number of likely N-dealkylation sites (tertiary alicyclic amines) is 1. The average molecular weight is 402 g/mol. The van der Waals surface area contributed by atoms with E-state index in [-0.39, 0.29) is 23.6 Å². The summed E-state index contributed by atoms with van der Waals surface area (Å²) in [5.74, 6) is -0.000623. The van der Waals surface area contributed by atoms with Gasteiger partial charge in [-0.15, -0.1) is 0 Å². The average Bonchev–Trinajstić information content (AvgIpc) is 3.40. The number of amides is 3. The third-order valence-electron chi connectivity index (χ3n) is 7.03. The monoisotopic (exact) mass is 401 g/mol. The lowest BCUT2D eigenvalue weighted by Gasteiger charge is -2.35. The fourth-order valence-electron chi connectivity index (χ4n) is 5.07. The van der Waals surface area contributed by atoms with E-state index in [1.165, 1.54) is 0 Å². The summed E-state index contributed by atoms with van der Waals surface area (Å²) in [7, 11) is 0. The molecule has 3 heterocycles. The van der Waals surface area contributed by atoms with Gasteiger partial charge in [0.2, 0.25) is 17.7 Å². The minimum absolute atomic E-state index is 0.0432. The van der Waals surface area contributed by atoms with Gasteiger partial charge in [0.15, 0.2) is 0 Å². The summed E-state index contributed by atoms with van der Waals surface area (Å²) in [6.07, 6.45) is 7.56. The summed E-state index contributed by atoms with van der Waals surface area (Å²) in [6.45, 7) is 2.05. The first-order valence-corrected chi connectivity index (χ1v) is 11.1. The van der Waals surface area contributed by atoms with Gasteiger partial charge in [0, 0.05) is 19.0 Å². The SMILES string of the molecule is N#C[C@H](C[C@@H]1CCNC1=O)NC(=O)[C@H](CC1CC1)N1CC[C@]2(CCCCN2)C1=O. The van der Waals surface area contributed by atoms with Gasteiger partial charge < -0.3 is 20.9 Å². The second-order valence-corrected chi connectivity index (χ2v) is 9.11. The molecule has 4 fully saturated rings. The van der Waals surface area contributed by atoms with Crippen LogP contribution in [0.5, 0.6) is 0 Å². The molecule has 4 rings (SSSR count). The van der Waals surface area contributed by atoms with E-state index >= 15 is 0 Å². The number of hydrogen-bond acceptors (Lipinski definition) is 5. The van der Waals surface area contributed by atoms with Gasteiger partial charge in [-0.2, -0.15) is 5.26 Å². The molecule has 0 radical (unpaired) electrons. The molecule has 1 spiro atoms. The van der Waals surface area contributed by atoms with Crippen molar-refractivity contribution in [2.45, 2.75) is 75.4 Å². The molecule has 4 aliphatic rings. The molecule has 1 saturated carbocycles. The predicted octanol–water partition coefficient (Wildman–Crippen LogP) is 0.434. The van der Waals surface area contributed by atoms with Crippen molar-refractivity contribution < 1.29 is 14.4 Å². The minimum atomic E-state index is -0.711. The normalized spacial score (nSPS) is 31.4. The molecular weight excluding hydrogens is 370 g/mol. The van der Waals surface area contributed by atoms with Crippen LogP contribution in [-0.4, -0.2) is 59.9 Å². The van der Waals surface area contributed by atoms with Crippen molar-refractivity contribution in [2.75, 3.05) is 19.6 Å². The van der Waals surface area contributed by atoms with Crippen molar-refractivity contribution in [1.29, 1.82) is 5.26 Å². The highest BCUT2D eigenvalue weighted by atomic mass is 16.2. The first-order valence-electron chi connectivity index (χ1n) is 11.1. The van der Waals surface area contributed by atoms with E-state index in [1.54, 1.807) is 4.90 Å². The maximum absolute atomic E-state index is 13.3. The topological polar surface area (TPSA) is 114 Å². The van der Waals surface area contributed by atoms with Crippen LogP contribution in [0.2, 0.25) is 0 Å². The summed E-state index contributed by atoms with van der Waals surface area (Å²) in [5, 5.41) is 18.6. The summed E-state index contributed by atoms with van der Waals surface area (Å²) in [6, 6.07) is 0.903. The third-order valence-corrected chi connectivity index (χ3v) is 7.03. The highest BCUT2D eigenvalue weighted by Crippen LogP contribution is 2.38. The fourth-order valence-corrected chi connectivity index (χ4v) is 5.07. The zero-order chi connectivity index (χ0) is 20.4. The first kappa shape index (κ1) is 20.1.